The highest BCUT2D eigenvalue weighted by Crippen LogP contribution is 2.27. The fourth-order valence-electron chi connectivity index (χ4n) is 1.94. The summed E-state index contributed by atoms with van der Waals surface area (Å²) < 4.78 is 0. The molecule has 0 aromatic heterocycles. The monoisotopic (exact) mass is 250 g/mol. The minimum Gasteiger partial charge on any atom is -0.397 e. The third-order valence-corrected chi connectivity index (χ3v) is 4.32. The van der Waals surface area contributed by atoms with Gasteiger partial charge in [0.2, 0.25) is 5.91 Å². The van der Waals surface area contributed by atoms with Crippen molar-refractivity contribution >= 4 is 29.0 Å². The van der Waals surface area contributed by atoms with Crippen LogP contribution in [0.4, 0.5) is 11.4 Å². The molecule has 1 aliphatic rings. The molecule has 1 heterocycles. The van der Waals surface area contributed by atoms with Crippen LogP contribution < -0.4 is 11.1 Å². The highest BCUT2D eigenvalue weighted by molar-refractivity contribution is 8.00. The summed E-state index contributed by atoms with van der Waals surface area (Å²) in [6.45, 7) is 1.99. The molecule has 4 heteroatoms. The molecule has 0 radical (unpaired) electrons. The molecule has 0 aliphatic carbocycles. The molecule has 1 aliphatic heterocycles. The molecule has 0 spiro atoms. The number of anilines is 2. The predicted molar refractivity (Wildman–Crippen MR) is 74.3 cm³/mol. The highest BCUT2D eigenvalue weighted by Gasteiger charge is 2.22. The van der Waals surface area contributed by atoms with E-state index in [1.54, 1.807) is 11.8 Å². The molecule has 1 amide bonds. The van der Waals surface area contributed by atoms with E-state index in [0.29, 0.717) is 5.69 Å². The second kappa shape index (κ2) is 5.45. The number of nitrogens with one attached hydrogen (secondary N) is 1. The maximum atomic E-state index is 12.0. The fourth-order valence-corrected chi connectivity index (χ4v) is 3.14. The zero-order chi connectivity index (χ0) is 12.3. The Bertz CT molecular complexity index is 414. The van der Waals surface area contributed by atoms with Crippen LogP contribution in [-0.4, -0.2) is 16.9 Å². The van der Waals surface area contributed by atoms with Gasteiger partial charge in [-0.25, -0.2) is 0 Å². The molecule has 1 unspecified atom stereocenters. The first-order valence-corrected chi connectivity index (χ1v) is 7.00. The average molecular weight is 250 g/mol. The summed E-state index contributed by atoms with van der Waals surface area (Å²) >= 11 is 1.75. The Hall–Kier alpha value is -1.16. The Morgan fingerprint density at radius 1 is 1.47 bits per heavy atom. The van der Waals surface area contributed by atoms with Gasteiger partial charge in [-0.05, 0) is 43.2 Å². The van der Waals surface area contributed by atoms with Gasteiger partial charge in [0.15, 0.2) is 0 Å². The molecule has 1 fully saturated rings. The Morgan fingerprint density at radius 2 is 2.29 bits per heavy atom. The first-order chi connectivity index (χ1) is 8.16. The largest absolute Gasteiger partial charge is 0.397 e. The number of nitrogens with two attached hydrogens (primary N) is 1. The molecule has 1 saturated heterocycles. The summed E-state index contributed by atoms with van der Waals surface area (Å²) in [6, 6.07) is 5.69. The van der Waals surface area contributed by atoms with Gasteiger partial charge < -0.3 is 11.1 Å². The molecule has 3 N–H and O–H groups in total. The molecule has 0 saturated carbocycles. The molecule has 17 heavy (non-hydrogen) atoms. The fraction of sp³-hybridized carbons (Fsp3) is 0.462. The minimum atomic E-state index is 0.0867. The van der Waals surface area contributed by atoms with Gasteiger partial charge in [0, 0.05) is 0 Å². The SMILES string of the molecule is Cc1ccc(N)c(NC(=O)C2CCCCS2)c1. The molecule has 3 nitrogen and oxygen atoms in total. The number of carbonyl (C=O) groups excluding carboxylic acids is 1. The number of aryl methyl sites for hydroxylation is 1. The predicted octanol–water partition coefficient (Wildman–Crippen LogP) is 2.80. The third-order valence-electron chi connectivity index (χ3n) is 2.94. The van der Waals surface area contributed by atoms with Crippen LogP contribution >= 0.6 is 11.8 Å². The number of rotatable bonds is 2. The number of nitrogen functional groups attached to an aromatic ring is 1. The summed E-state index contributed by atoms with van der Waals surface area (Å²) in [5.41, 5.74) is 8.31. The first-order valence-electron chi connectivity index (χ1n) is 5.95. The van der Waals surface area contributed by atoms with E-state index in [9.17, 15) is 4.79 Å². The standard InChI is InChI=1S/C13H18N2OS/c1-9-5-6-10(14)11(8-9)15-13(16)12-4-2-3-7-17-12/h5-6,8,12H,2-4,7,14H2,1H3,(H,15,16). The Balaban J connectivity index is 2.04. The lowest BCUT2D eigenvalue weighted by molar-refractivity contribution is -0.115. The van der Waals surface area contributed by atoms with Crippen molar-refractivity contribution in [3.8, 4) is 0 Å². The topological polar surface area (TPSA) is 55.1 Å². The highest BCUT2D eigenvalue weighted by atomic mass is 32.2. The summed E-state index contributed by atoms with van der Waals surface area (Å²) in [7, 11) is 0. The van der Waals surface area contributed by atoms with E-state index >= 15 is 0 Å². The number of thioether (sulfide) groups is 1. The average Bonchev–Trinajstić information content (AvgIpc) is 2.35. The molecule has 92 valence electrons. The van der Waals surface area contributed by atoms with Crippen LogP contribution in [0.5, 0.6) is 0 Å². The molecule has 1 aromatic rings. The van der Waals surface area contributed by atoms with E-state index in [1.807, 2.05) is 25.1 Å². The maximum Gasteiger partial charge on any atom is 0.237 e. The lowest BCUT2D eigenvalue weighted by Crippen LogP contribution is -2.27. The van der Waals surface area contributed by atoms with E-state index in [2.05, 4.69) is 5.32 Å². The summed E-state index contributed by atoms with van der Waals surface area (Å²) in [5.74, 6) is 1.17. The van der Waals surface area contributed by atoms with E-state index in [-0.39, 0.29) is 11.2 Å². The van der Waals surface area contributed by atoms with Crippen LogP contribution in [-0.2, 0) is 4.79 Å². The van der Waals surface area contributed by atoms with Crippen molar-refractivity contribution in [3.05, 3.63) is 23.8 Å². The molecule has 1 atom stereocenters. The zero-order valence-electron chi connectivity index (χ0n) is 10.0. The molecule has 0 bridgehead atoms. The number of amides is 1. The van der Waals surface area contributed by atoms with E-state index in [1.165, 1.54) is 6.42 Å². The van der Waals surface area contributed by atoms with Gasteiger partial charge in [0.25, 0.3) is 0 Å². The number of hydrogen-bond donors (Lipinski definition) is 2. The first kappa shape index (κ1) is 12.3. The van der Waals surface area contributed by atoms with Crippen LogP contribution in [0.1, 0.15) is 24.8 Å². The van der Waals surface area contributed by atoms with Gasteiger partial charge in [-0.1, -0.05) is 12.5 Å². The van der Waals surface area contributed by atoms with Crippen LogP contribution in [0.3, 0.4) is 0 Å². The van der Waals surface area contributed by atoms with Crippen molar-refractivity contribution in [3.63, 3.8) is 0 Å². The molecule has 1 aromatic carbocycles. The van der Waals surface area contributed by atoms with Crippen molar-refractivity contribution in [2.75, 3.05) is 16.8 Å². The van der Waals surface area contributed by atoms with Crippen molar-refractivity contribution in [2.45, 2.75) is 31.4 Å². The zero-order valence-corrected chi connectivity index (χ0v) is 10.8. The Labute approximate surface area is 106 Å². The van der Waals surface area contributed by atoms with Gasteiger partial charge >= 0.3 is 0 Å². The van der Waals surface area contributed by atoms with Gasteiger partial charge in [-0.3, -0.25) is 4.79 Å². The molecular formula is C13H18N2OS. The van der Waals surface area contributed by atoms with E-state index in [4.69, 9.17) is 5.73 Å². The third kappa shape index (κ3) is 3.16. The quantitative estimate of drug-likeness (QED) is 0.794. The smallest absolute Gasteiger partial charge is 0.237 e. The summed E-state index contributed by atoms with van der Waals surface area (Å²) in [5, 5.41) is 3.02. The second-order valence-electron chi connectivity index (χ2n) is 4.44. The normalized spacial score (nSPS) is 19.9. The molecular weight excluding hydrogens is 232 g/mol. The van der Waals surface area contributed by atoms with Crippen LogP contribution in [0, 0.1) is 6.92 Å². The van der Waals surface area contributed by atoms with E-state index < -0.39 is 0 Å². The lowest BCUT2D eigenvalue weighted by Gasteiger charge is -2.21. The van der Waals surface area contributed by atoms with E-state index in [0.717, 1.165) is 29.8 Å². The van der Waals surface area contributed by atoms with Crippen molar-refractivity contribution in [1.82, 2.24) is 0 Å². The van der Waals surface area contributed by atoms with Crippen molar-refractivity contribution in [1.29, 1.82) is 0 Å². The van der Waals surface area contributed by atoms with Crippen LogP contribution in [0.15, 0.2) is 18.2 Å². The minimum absolute atomic E-state index is 0.0867. The van der Waals surface area contributed by atoms with Gasteiger partial charge in [-0.15, -0.1) is 11.8 Å². The number of benzene rings is 1. The van der Waals surface area contributed by atoms with Gasteiger partial charge in [0.1, 0.15) is 0 Å². The second-order valence-corrected chi connectivity index (χ2v) is 5.75. The Kier molecular flexibility index (Phi) is 3.94. The van der Waals surface area contributed by atoms with Gasteiger partial charge in [0.05, 0.1) is 16.6 Å². The van der Waals surface area contributed by atoms with Crippen LogP contribution in [0.2, 0.25) is 0 Å². The van der Waals surface area contributed by atoms with Crippen molar-refractivity contribution < 1.29 is 4.79 Å². The lowest BCUT2D eigenvalue weighted by atomic mass is 10.1. The maximum absolute atomic E-state index is 12.0. The van der Waals surface area contributed by atoms with Crippen molar-refractivity contribution in [2.24, 2.45) is 0 Å². The van der Waals surface area contributed by atoms with Gasteiger partial charge in [-0.2, -0.15) is 0 Å². The number of carbonyl (C=O) groups is 1. The molecule has 2 rings (SSSR count). The summed E-state index contributed by atoms with van der Waals surface area (Å²) in [6.07, 6.45) is 3.34. The Morgan fingerprint density at radius 3 is 3.00 bits per heavy atom. The van der Waals surface area contributed by atoms with Crippen LogP contribution in [0.25, 0.3) is 0 Å². The summed E-state index contributed by atoms with van der Waals surface area (Å²) in [4.78, 5) is 12.0. The number of hydrogen-bond acceptors (Lipinski definition) is 3.